The lowest BCUT2D eigenvalue weighted by Crippen LogP contribution is -2.02. The number of rotatable bonds is 4. The highest BCUT2D eigenvalue weighted by Gasteiger charge is 2.16. The maximum atomic E-state index is 6.36. The van der Waals surface area contributed by atoms with Gasteiger partial charge in [-0.25, -0.2) is 15.0 Å². The minimum Gasteiger partial charge on any atom is -0.493 e. The van der Waals surface area contributed by atoms with Crippen LogP contribution < -0.4 is 9.47 Å². The Morgan fingerprint density at radius 2 is 1.73 bits per heavy atom. The number of fused-ring (bicyclic) bond motifs is 1. The third-order valence-corrected chi connectivity index (χ3v) is 4.43. The van der Waals surface area contributed by atoms with Crippen LogP contribution in [0, 0.1) is 0 Å². The third-order valence-electron chi connectivity index (χ3n) is 4.10. The van der Waals surface area contributed by atoms with Gasteiger partial charge in [0.1, 0.15) is 18.0 Å². The summed E-state index contributed by atoms with van der Waals surface area (Å²) in [5.41, 5.74) is 1.57. The lowest BCUT2D eigenvalue weighted by atomic mass is 10.2. The van der Waals surface area contributed by atoms with Gasteiger partial charge in [-0.05, 0) is 18.2 Å². The summed E-state index contributed by atoms with van der Waals surface area (Å²) in [5.74, 6) is 2.60. The highest BCUT2D eigenvalue weighted by Crippen LogP contribution is 2.35. The summed E-state index contributed by atoms with van der Waals surface area (Å²) in [6.07, 6.45) is 5.07. The molecule has 26 heavy (non-hydrogen) atoms. The molecule has 0 fully saturated rings. The molecule has 0 atom stereocenters. The molecule has 130 valence electrons. The van der Waals surface area contributed by atoms with Crippen molar-refractivity contribution in [1.29, 1.82) is 0 Å². The topological polar surface area (TPSA) is 62.1 Å². The largest absolute Gasteiger partial charge is 0.493 e. The molecule has 0 saturated heterocycles. The molecule has 2 heterocycles. The molecule has 7 heteroatoms. The normalized spacial score (nSPS) is 10.9. The van der Waals surface area contributed by atoms with Crippen LogP contribution in [0.2, 0.25) is 5.02 Å². The molecule has 2 aromatic carbocycles. The molecular formula is C19H15ClN4O2. The van der Waals surface area contributed by atoms with E-state index in [1.54, 1.807) is 20.4 Å². The van der Waals surface area contributed by atoms with Crippen molar-refractivity contribution in [1.82, 2.24) is 19.5 Å². The van der Waals surface area contributed by atoms with Crippen molar-refractivity contribution in [3.05, 3.63) is 60.1 Å². The fourth-order valence-electron chi connectivity index (χ4n) is 2.88. The Kier molecular flexibility index (Phi) is 4.18. The minimum atomic E-state index is 0.607. The van der Waals surface area contributed by atoms with Crippen LogP contribution >= 0.6 is 11.6 Å². The van der Waals surface area contributed by atoms with Gasteiger partial charge < -0.3 is 9.47 Å². The molecule has 0 radical (unpaired) electrons. The molecule has 0 saturated carbocycles. The molecule has 6 nitrogen and oxygen atoms in total. The Labute approximate surface area is 155 Å². The van der Waals surface area contributed by atoms with Crippen LogP contribution in [0.15, 0.2) is 55.1 Å². The Balaban J connectivity index is 1.97. The summed E-state index contributed by atoms with van der Waals surface area (Å²) in [6.45, 7) is 0. The Bertz CT molecular complexity index is 1090. The van der Waals surface area contributed by atoms with Gasteiger partial charge in [0.05, 0.1) is 24.8 Å². The molecule has 0 aliphatic carbocycles. The highest BCUT2D eigenvalue weighted by molar-refractivity contribution is 6.33. The number of nitrogens with zero attached hydrogens (tertiary/aromatic N) is 4. The average Bonchev–Trinajstić information content (AvgIpc) is 3.16. The van der Waals surface area contributed by atoms with Crippen molar-refractivity contribution in [2.24, 2.45) is 0 Å². The predicted octanol–water partition coefficient (Wildman–Crippen LogP) is 4.15. The van der Waals surface area contributed by atoms with Gasteiger partial charge >= 0.3 is 0 Å². The number of benzene rings is 2. The first kappa shape index (κ1) is 16.4. The van der Waals surface area contributed by atoms with Crippen molar-refractivity contribution < 1.29 is 9.47 Å². The second-order valence-corrected chi connectivity index (χ2v) is 5.93. The summed E-state index contributed by atoms with van der Waals surface area (Å²) >= 11 is 6.36. The van der Waals surface area contributed by atoms with Gasteiger partial charge in [0, 0.05) is 29.4 Å². The number of aromatic nitrogens is 4. The molecule has 0 unspecified atom stereocenters. The average molecular weight is 367 g/mol. The van der Waals surface area contributed by atoms with E-state index in [1.165, 1.54) is 6.33 Å². The third kappa shape index (κ3) is 2.64. The summed E-state index contributed by atoms with van der Waals surface area (Å²) in [4.78, 5) is 13.3. The van der Waals surface area contributed by atoms with E-state index in [9.17, 15) is 0 Å². The standard InChI is InChI=1S/C19H15ClN4O2/c1-25-16-9-13-15(10-17(16)26-2)22-11-23-19(13)24-8-7-21-18(24)12-5-3-4-6-14(12)20/h3-11H,1-2H3. The first-order chi connectivity index (χ1) is 12.7. The fraction of sp³-hybridized carbons (Fsp3) is 0.105. The van der Waals surface area contributed by atoms with Gasteiger partial charge in [0.15, 0.2) is 11.5 Å². The summed E-state index contributed by atoms with van der Waals surface area (Å²) in [5, 5.41) is 1.44. The molecule has 4 rings (SSSR count). The molecule has 0 N–H and O–H groups in total. The molecule has 0 amide bonds. The fourth-order valence-corrected chi connectivity index (χ4v) is 3.10. The first-order valence-corrected chi connectivity index (χ1v) is 8.26. The van der Waals surface area contributed by atoms with Crippen molar-refractivity contribution in [2.45, 2.75) is 0 Å². The lowest BCUT2D eigenvalue weighted by Gasteiger charge is -2.13. The minimum absolute atomic E-state index is 0.607. The highest BCUT2D eigenvalue weighted by atomic mass is 35.5. The zero-order chi connectivity index (χ0) is 18.1. The molecule has 0 spiro atoms. The summed E-state index contributed by atoms with van der Waals surface area (Å²) in [6, 6.07) is 11.3. The number of imidazole rings is 1. The van der Waals surface area contributed by atoms with Crippen LogP contribution in [-0.4, -0.2) is 33.7 Å². The maximum absolute atomic E-state index is 6.36. The van der Waals surface area contributed by atoms with Gasteiger partial charge in [-0.1, -0.05) is 23.7 Å². The quantitative estimate of drug-likeness (QED) is 0.543. The van der Waals surface area contributed by atoms with E-state index < -0.39 is 0 Å². The van der Waals surface area contributed by atoms with Gasteiger partial charge in [-0.3, -0.25) is 4.57 Å². The van der Waals surface area contributed by atoms with Gasteiger partial charge in [-0.15, -0.1) is 0 Å². The van der Waals surface area contributed by atoms with Gasteiger partial charge in [0.25, 0.3) is 0 Å². The molecule has 2 aromatic heterocycles. The van der Waals surface area contributed by atoms with E-state index >= 15 is 0 Å². The smallest absolute Gasteiger partial charge is 0.162 e. The van der Waals surface area contributed by atoms with Gasteiger partial charge in [-0.2, -0.15) is 0 Å². The van der Waals surface area contributed by atoms with Crippen molar-refractivity contribution >= 4 is 22.5 Å². The SMILES string of the molecule is COc1cc2ncnc(-n3ccnc3-c3ccccc3Cl)c2cc1OC. The van der Waals surface area contributed by atoms with E-state index in [-0.39, 0.29) is 0 Å². The van der Waals surface area contributed by atoms with Crippen LogP contribution in [0.3, 0.4) is 0 Å². The van der Waals surface area contributed by atoms with E-state index in [4.69, 9.17) is 21.1 Å². The maximum Gasteiger partial charge on any atom is 0.162 e. The van der Waals surface area contributed by atoms with Crippen LogP contribution in [-0.2, 0) is 0 Å². The van der Waals surface area contributed by atoms with E-state index in [2.05, 4.69) is 15.0 Å². The van der Waals surface area contributed by atoms with Gasteiger partial charge in [0.2, 0.25) is 0 Å². The second kappa shape index (κ2) is 6.65. The Morgan fingerprint density at radius 1 is 0.962 bits per heavy atom. The summed E-state index contributed by atoms with van der Waals surface area (Å²) < 4.78 is 12.7. The van der Waals surface area contributed by atoms with Crippen molar-refractivity contribution in [2.75, 3.05) is 14.2 Å². The first-order valence-electron chi connectivity index (χ1n) is 7.88. The van der Waals surface area contributed by atoms with Crippen molar-refractivity contribution in [3.8, 4) is 28.7 Å². The van der Waals surface area contributed by atoms with Crippen LogP contribution in [0.4, 0.5) is 0 Å². The lowest BCUT2D eigenvalue weighted by molar-refractivity contribution is 0.355. The predicted molar refractivity (Wildman–Crippen MR) is 100 cm³/mol. The van der Waals surface area contributed by atoms with E-state index in [1.807, 2.05) is 47.2 Å². The number of hydrogen-bond donors (Lipinski definition) is 0. The zero-order valence-electron chi connectivity index (χ0n) is 14.2. The van der Waals surface area contributed by atoms with E-state index in [0.29, 0.717) is 28.2 Å². The van der Waals surface area contributed by atoms with Crippen LogP contribution in [0.25, 0.3) is 28.1 Å². The Hall–Kier alpha value is -3.12. The summed E-state index contributed by atoms with van der Waals surface area (Å²) in [7, 11) is 3.19. The Morgan fingerprint density at radius 3 is 2.50 bits per heavy atom. The molecule has 0 aliphatic heterocycles. The number of hydrogen-bond acceptors (Lipinski definition) is 5. The molecular weight excluding hydrogens is 352 g/mol. The molecule has 4 aromatic rings. The molecule has 0 aliphatic rings. The zero-order valence-corrected chi connectivity index (χ0v) is 14.9. The van der Waals surface area contributed by atoms with Crippen molar-refractivity contribution in [3.63, 3.8) is 0 Å². The number of methoxy groups -OCH3 is 2. The van der Waals surface area contributed by atoms with Crippen LogP contribution in [0.5, 0.6) is 11.5 Å². The second-order valence-electron chi connectivity index (χ2n) is 5.52. The monoisotopic (exact) mass is 366 g/mol. The molecule has 0 bridgehead atoms. The number of ether oxygens (including phenoxy) is 2. The van der Waals surface area contributed by atoms with E-state index in [0.717, 1.165) is 16.5 Å². The van der Waals surface area contributed by atoms with Crippen LogP contribution in [0.1, 0.15) is 0 Å². The number of halogens is 1.